The number of anilines is 2. The van der Waals surface area contributed by atoms with Gasteiger partial charge in [0.25, 0.3) is 0 Å². The van der Waals surface area contributed by atoms with Crippen molar-refractivity contribution in [2.24, 2.45) is 14.1 Å². The molecule has 0 saturated heterocycles. The number of rotatable bonds is 6. The second-order valence-corrected chi connectivity index (χ2v) is 13.0. The Bertz CT molecular complexity index is 2730. The summed E-state index contributed by atoms with van der Waals surface area (Å²) in [7, 11) is 3.19. The van der Waals surface area contributed by atoms with Gasteiger partial charge in [-0.15, -0.1) is 10.2 Å². The second kappa shape index (κ2) is 14.9. The number of benzene rings is 2. The van der Waals surface area contributed by atoms with Gasteiger partial charge in [0.05, 0.1) is 11.1 Å². The lowest BCUT2D eigenvalue weighted by Gasteiger charge is -2.08. The third-order valence-electron chi connectivity index (χ3n) is 8.56. The number of fused-ring (bicyclic) bond motifs is 2. The third kappa shape index (κ3) is 7.14. The van der Waals surface area contributed by atoms with Crippen LogP contribution in [-0.4, -0.2) is 48.3 Å². The molecule has 0 bridgehead atoms. The van der Waals surface area contributed by atoms with Crippen LogP contribution in [-0.2, 0) is 26.9 Å². The molecule has 20 heteroatoms. The van der Waals surface area contributed by atoms with E-state index in [1.807, 2.05) is 0 Å². The maximum absolute atomic E-state index is 14.0. The van der Waals surface area contributed by atoms with Crippen molar-refractivity contribution < 1.29 is 17.6 Å². The van der Waals surface area contributed by atoms with Gasteiger partial charge in [-0.25, -0.2) is 37.5 Å². The maximum atomic E-state index is 14.0. The van der Waals surface area contributed by atoms with Gasteiger partial charge < -0.3 is 20.6 Å². The molecule has 0 aliphatic carbocycles. The lowest BCUT2D eigenvalue weighted by atomic mass is 10.1. The maximum Gasteiger partial charge on any atom is 0.250 e. The fraction of sp³-hybridized carbons (Fsp3) is 0.111. The number of halogens is 6. The highest BCUT2D eigenvalue weighted by Crippen LogP contribution is 2.32. The molecule has 0 aliphatic heterocycles. The van der Waals surface area contributed by atoms with Gasteiger partial charge in [-0.2, -0.15) is 9.03 Å². The average molecular weight is 806 g/mol. The first-order valence-corrected chi connectivity index (χ1v) is 17.1. The van der Waals surface area contributed by atoms with E-state index < -0.39 is 23.3 Å². The second-order valence-electron chi connectivity index (χ2n) is 12.3. The quantitative estimate of drug-likeness (QED) is 0.168. The van der Waals surface area contributed by atoms with Crippen LogP contribution in [0.3, 0.4) is 0 Å². The molecule has 0 atom stereocenters. The number of hydrogen-bond donors (Lipinski definition) is 2. The first-order valence-electron chi connectivity index (χ1n) is 16.3. The van der Waals surface area contributed by atoms with Gasteiger partial charge in [0.2, 0.25) is 23.0 Å². The number of pyridine rings is 2. The molecular weight excluding hydrogens is 779 g/mol. The van der Waals surface area contributed by atoms with Crippen molar-refractivity contribution in [1.29, 1.82) is 0 Å². The van der Waals surface area contributed by atoms with Crippen LogP contribution in [0.15, 0.2) is 82.6 Å². The van der Waals surface area contributed by atoms with Gasteiger partial charge in [0.15, 0.2) is 22.9 Å². The standard InChI is InChI=1S/2C18H13ClF2N6O/c2*1-26-8-9(5-6-14(26)28)15-16(19)24-18(22)27-17(15)23-13(25-27)7-10-11(20)3-2-4-12(10)21/h2*2-6,8H,7H2,1H3,(H2,22,24). The predicted molar refractivity (Wildman–Crippen MR) is 200 cm³/mol. The van der Waals surface area contributed by atoms with Crippen molar-refractivity contribution in [3.63, 3.8) is 0 Å². The molecule has 0 aliphatic rings. The first kappa shape index (κ1) is 37.6. The van der Waals surface area contributed by atoms with E-state index in [0.717, 1.165) is 24.3 Å². The highest BCUT2D eigenvalue weighted by atomic mass is 35.5. The van der Waals surface area contributed by atoms with Crippen LogP contribution in [0.25, 0.3) is 33.5 Å². The fourth-order valence-corrected chi connectivity index (χ4v) is 6.35. The van der Waals surface area contributed by atoms with E-state index in [0.29, 0.717) is 22.3 Å². The van der Waals surface area contributed by atoms with Crippen LogP contribution in [0.5, 0.6) is 0 Å². The Kier molecular flexibility index (Phi) is 10.0. The van der Waals surface area contributed by atoms with Crippen molar-refractivity contribution in [3.05, 3.63) is 150 Å². The van der Waals surface area contributed by atoms with Crippen molar-refractivity contribution in [2.75, 3.05) is 11.5 Å². The van der Waals surface area contributed by atoms with Crippen LogP contribution in [0.2, 0.25) is 10.3 Å². The van der Waals surface area contributed by atoms with Crippen molar-refractivity contribution in [1.82, 2.24) is 48.3 Å². The summed E-state index contributed by atoms with van der Waals surface area (Å²) >= 11 is 12.6. The molecule has 8 aromatic rings. The van der Waals surface area contributed by atoms with E-state index in [1.165, 1.54) is 42.4 Å². The number of aryl methyl sites for hydroxylation is 2. The summed E-state index contributed by atoms with van der Waals surface area (Å²) < 4.78 is 61.1. The van der Waals surface area contributed by atoms with Gasteiger partial charge in [0.1, 0.15) is 33.6 Å². The van der Waals surface area contributed by atoms with Crippen LogP contribution in [0, 0.1) is 23.3 Å². The number of aromatic nitrogens is 10. The van der Waals surface area contributed by atoms with E-state index in [2.05, 4.69) is 30.1 Å². The Balaban J connectivity index is 0.000000172. The van der Waals surface area contributed by atoms with E-state index in [1.54, 1.807) is 38.6 Å². The van der Waals surface area contributed by atoms with Crippen molar-refractivity contribution in [2.45, 2.75) is 12.8 Å². The zero-order chi connectivity index (χ0) is 40.0. The number of nitrogens with two attached hydrogens (primary N) is 2. The molecule has 4 N–H and O–H groups in total. The van der Waals surface area contributed by atoms with Crippen LogP contribution in [0.4, 0.5) is 29.5 Å². The topological polar surface area (TPSA) is 182 Å². The van der Waals surface area contributed by atoms with Gasteiger partial charge in [-0.1, -0.05) is 35.3 Å². The third-order valence-corrected chi connectivity index (χ3v) is 9.11. The molecule has 0 unspecified atom stereocenters. The number of nitrogen functional groups attached to an aromatic ring is 2. The number of nitrogens with zero attached hydrogens (tertiary/aromatic N) is 10. The zero-order valence-corrected chi connectivity index (χ0v) is 30.6. The van der Waals surface area contributed by atoms with Crippen molar-refractivity contribution in [3.8, 4) is 22.3 Å². The highest BCUT2D eigenvalue weighted by molar-refractivity contribution is 6.33. The number of hydrogen-bond acceptors (Lipinski definition) is 10. The molecule has 2 aromatic carbocycles. The van der Waals surface area contributed by atoms with Gasteiger partial charge >= 0.3 is 0 Å². The van der Waals surface area contributed by atoms with Gasteiger partial charge in [0, 0.05) is 73.7 Å². The Hall–Kier alpha value is -6.66. The molecule has 0 radical (unpaired) electrons. The van der Waals surface area contributed by atoms with Crippen molar-refractivity contribution >= 4 is 46.4 Å². The molecule has 8 rings (SSSR count). The van der Waals surface area contributed by atoms with E-state index in [9.17, 15) is 27.2 Å². The molecular formula is C36H26Cl2F4N12O2. The lowest BCUT2D eigenvalue weighted by Crippen LogP contribution is -2.14. The van der Waals surface area contributed by atoms with Crippen LogP contribution in [0.1, 0.15) is 22.8 Å². The minimum absolute atomic E-state index is 0.0266. The first-order chi connectivity index (χ1) is 26.7. The monoisotopic (exact) mass is 804 g/mol. The lowest BCUT2D eigenvalue weighted by molar-refractivity contribution is 0.558. The molecule has 6 heterocycles. The zero-order valence-electron chi connectivity index (χ0n) is 29.1. The van der Waals surface area contributed by atoms with Crippen LogP contribution < -0.4 is 22.6 Å². The summed E-state index contributed by atoms with van der Waals surface area (Å²) in [4.78, 5) is 40.2. The summed E-state index contributed by atoms with van der Waals surface area (Å²) in [6, 6.07) is 13.1. The Morgan fingerprint density at radius 3 is 1.27 bits per heavy atom. The minimum atomic E-state index is -0.693. The summed E-state index contributed by atoms with van der Waals surface area (Å²) in [6.07, 6.45) is 2.80. The predicted octanol–water partition coefficient (Wildman–Crippen LogP) is 5.19. The molecule has 0 fully saturated rings. The summed E-state index contributed by atoms with van der Waals surface area (Å²) in [6.45, 7) is 0. The van der Waals surface area contributed by atoms with E-state index in [-0.39, 0.29) is 80.2 Å². The summed E-state index contributed by atoms with van der Waals surface area (Å²) in [5.41, 5.74) is 13.5. The molecule has 6 aromatic heterocycles. The molecule has 14 nitrogen and oxygen atoms in total. The SMILES string of the molecule is Cn1cc(-c2c(Cl)nc(N)n3nc(Cc4c(F)cccc4F)nc23)ccc1=O.Cn1cc(-c2c(Cl)nc(N)n3nc(Cc4c(F)cccc4F)nc23)ccc1=O. The normalized spacial score (nSPS) is 11.3. The molecule has 0 spiro atoms. The minimum Gasteiger partial charge on any atom is -0.368 e. The average Bonchev–Trinajstić information content (AvgIpc) is 3.77. The molecule has 56 heavy (non-hydrogen) atoms. The smallest absolute Gasteiger partial charge is 0.250 e. The van der Waals surface area contributed by atoms with E-state index >= 15 is 0 Å². The fourth-order valence-electron chi connectivity index (χ4n) is 5.79. The highest BCUT2D eigenvalue weighted by Gasteiger charge is 2.22. The Morgan fingerprint density at radius 2 is 0.929 bits per heavy atom. The summed E-state index contributed by atoms with van der Waals surface area (Å²) in [5, 5.41) is 8.57. The summed E-state index contributed by atoms with van der Waals surface area (Å²) in [5.74, 6) is -2.54. The molecule has 284 valence electrons. The van der Waals surface area contributed by atoms with Gasteiger partial charge in [-0.05, 0) is 36.4 Å². The molecule has 0 amide bonds. The molecule has 0 saturated carbocycles. The largest absolute Gasteiger partial charge is 0.368 e. The van der Waals surface area contributed by atoms with E-state index in [4.69, 9.17) is 34.7 Å². The van der Waals surface area contributed by atoms with Gasteiger partial charge in [-0.3, -0.25) is 9.59 Å². The Labute approximate surface area is 322 Å². The Morgan fingerprint density at radius 1 is 0.571 bits per heavy atom. The van der Waals surface area contributed by atoms with Crippen LogP contribution >= 0.6 is 23.2 Å².